The minimum absolute atomic E-state index is 0.0242. The van der Waals surface area contributed by atoms with Crippen LogP contribution in [0.3, 0.4) is 0 Å². The molecule has 1 N–H and O–H groups in total. The van der Waals surface area contributed by atoms with Crippen molar-refractivity contribution >= 4 is 17.8 Å². The molecule has 3 rings (SSSR count). The third-order valence-electron chi connectivity index (χ3n) is 5.73. The van der Waals surface area contributed by atoms with E-state index < -0.39 is 11.4 Å². The Hall–Kier alpha value is -1.39. The number of amides is 2. The summed E-state index contributed by atoms with van der Waals surface area (Å²) in [6.45, 7) is 0.318. The summed E-state index contributed by atoms with van der Waals surface area (Å²) in [5.74, 6) is -0.941. The second-order valence-electron chi connectivity index (χ2n) is 7.23. The van der Waals surface area contributed by atoms with Crippen molar-refractivity contribution in [3.8, 4) is 0 Å². The van der Waals surface area contributed by atoms with Gasteiger partial charge in [-0.1, -0.05) is 25.7 Å². The highest BCUT2D eigenvalue weighted by molar-refractivity contribution is 6.06. The third kappa shape index (κ3) is 2.47. The molecule has 21 heavy (non-hydrogen) atoms. The second-order valence-corrected chi connectivity index (χ2v) is 7.23. The number of hydrogen-bond donors (Lipinski definition) is 1. The van der Waals surface area contributed by atoms with Gasteiger partial charge in [-0.25, -0.2) is 0 Å². The Bertz CT molecular complexity index is 475. The van der Waals surface area contributed by atoms with Crippen LogP contribution in [0.2, 0.25) is 0 Å². The first-order valence-corrected chi connectivity index (χ1v) is 8.03. The van der Waals surface area contributed by atoms with Gasteiger partial charge in [0.25, 0.3) is 0 Å². The number of imide groups is 1. The zero-order valence-corrected chi connectivity index (χ0v) is 12.4. The molecule has 0 aromatic heterocycles. The maximum absolute atomic E-state index is 12.8. The van der Waals surface area contributed by atoms with Gasteiger partial charge < -0.3 is 5.11 Å². The van der Waals surface area contributed by atoms with Crippen LogP contribution >= 0.6 is 0 Å². The van der Waals surface area contributed by atoms with Gasteiger partial charge in [0.15, 0.2) is 0 Å². The molecule has 1 heterocycles. The highest BCUT2D eigenvalue weighted by atomic mass is 16.4. The maximum atomic E-state index is 12.8. The van der Waals surface area contributed by atoms with Gasteiger partial charge in [-0.05, 0) is 31.1 Å². The first kappa shape index (κ1) is 14.5. The van der Waals surface area contributed by atoms with Gasteiger partial charge in [0.1, 0.15) is 0 Å². The van der Waals surface area contributed by atoms with Crippen molar-refractivity contribution in [3.05, 3.63) is 0 Å². The van der Waals surface area contributed by atoms with Crippen molar-refractivity contribution in [2.24, 2.45) is 10.8 Å². The van der Waals surface area contributed by atoms with Crippen LogP contribution in [0.5, 0.6) is 0 Å². The summed E-state index contributed by atoms with van der Waals surface area (Å²) in [5.41, 5.74) is -0.819. The van der Waals surface area contributed by atoms with E-state index in [0.717, 1.165) is 51.4 Å². The molecule has 2 saturated carbocycles. The highest BCUT2D eigenvalue weighted by Gasteiger charge is 2.54. The Kier molecular flexibility index (Phi) is 3.54. The summed E-state index contributed by atoms with van der Waals surface area (Å²) in [6.07, 6.45) is 7.85. The molecular formula is C16H23NO4. The summed E-state index contributed by atoms with van der Waals surface area (Å²) in [6, 6.07) is 0. The van der Waals surface area contributed by atoms with Crippen LogP contribution in [0.4, 0.5) is 0 Å². The fourth-order valence-electron chi connectivity index (χ4n) is 4.36. The molecule has 116 valence electrons. The molecule has 0 bridgehead atoms. The lowest BCUT2D eigenvalue weighted by Crippen LogP contribution is -2.47. The fraction of sp³-hybridized carbons (Fsp3) is 0.812. The number of rotatable bonds is 4. The number of hydrogen-bond acceptors (Lipinski definition) is 3. The van der Waals surface area contributed by atoms with Crippen LogP contribution in [0, 0.1) is 10.8 Å². The van der Waals surface area contributed by atoms with Gasteiger partial charge in [0.2, 0.25) is 11.8 Å². The Balaban J connectivity index is 1.75. The second kappa shape index (κ2) is 5.11. The predicted molar refractivity (Wildman–Crippen MR) is 75.4 cm³/mol. The summed E-state index contributed by atoms with van der Waals surface area (Å²) >= 11 is 0. The summed E-state index contributed by atoms with van der Waals surface area (Å²) in [7, 11) is 0. The molecule has 0 unspecified atom stereocenters. The van der Waals surface area contributed by atoms with Crippen LogP contribution in [-0.2, 0) is 14.4 Å². The summed E-state index contributed by atoms with van der Waals surface area (Å²) < 4.78 is 0. The monoisotopic (exact) mass is 293 g/mol. The van der Waals surface area contributed by atoms with E-state index in [-0.39, 0.29) is 23.7 Å². The normalized spacial score (nSPS) is 27.0. The number of aliphatic carboxylic acids is 1. The van der Waals surface area contributed by atoms with Gasteiger partial charge in [0.05, 0.1) is 11.8 Å². The van der Waals surface area contributed by atoms with E-state index in [1.165, 1.54) is 4.90 Å². The average molecular weight is 293 g/mol. The van der Waals surface area contributed by atoms with Gasteiger partial charge in [-0.15, -0.1) is 0 Å². The number of likely N-dealkylation sites (tertiary alicyclic amines) is 1. The predicted octanol–water partition coefficient (Wildman–Crippen LogP) is 2.34. The molecule has 5 heteroatoms. The van der Waals surface area contributed by atoms with E-state index in [0.29, 0.717) is 13.0 Å². The van der Waals surface area contributed by atoms with E-state index in [9.17, 15) is 14.4 Å². The molecule has 0 aromatic rings. The van der Waals surface area contributed by atoms with E-state index in [2.05, 4.69) is 0 Å². The zero-order valence-electron chi connectivity index (χ0n) is 12.4. The SMILES string of the molecule is O=C(O)CC1(CN2C(=O)CC3(CCCCC3)C2=O)CCC1. The lowest BCUT2D eigenvalue weighted by Gasteiger charge is -2.43. The molecule has 0 aromatic carbocycles. The van der Waals surface area contributed by atoms with Crippen LogP contribution in [0.15, 0.2) is 0 Å². The van der Waals surface area contributed by atoms with Crippen LogP contribution in [0.1, 0.15) is 64.2 Å². The van der Waals surface area contributed by atoms with Crippen LogP contribution in [-0.4, -0.2) is 34.3 Å². The topological polar surface area (TPSA) is 74.7 Å². The van der Waals surface area contributed by atoms with E-state index >= 15 is 0 Å². The Morgan fingerprint density at radius 3 is 2.24 bits per heavy atom. The van der Waals surface area contributed by atoms with E-state index in [1.807, 2.05) is 0 Å². The standard InChI is InChI=1S/C16H23NO4/c18-12-9-16(7-2-1-3-8-16)14(21)17(12)11-15(5-4-6-15)10-13(19)20/h1-11H2,(H,19,20). The number of carboxylic acids is 1. The van der Waals surface area contributed by atoms with Crippen molar-refractivity contribution in [2.75, 3.05) is 6.54 Å². The Morgan fingerprint density at radius 2 is 1.71 bits per heavy atom. The minimum Gasteiger partial charge on any atom is -0.481 e. The zero-order chi connectivity index (χ0) is 15.1. The van der Waals surface area contributed by atoms with Crippen LogP contribution < -0.4 is 0 Å². The van der Waals surface area contributed by atoms with Crippen molar-refractivity contribution in [3.63, 3.8) is 0 Å². The summed E-state index contributed by atoms with van der Waals surface area (Å²) in [4.78, 5) is 37.5. The number of carboxylic acid groups (broad SMARTS) is 1. The van der Waals surface area contributed by atoms with Crippen molar-refractivity contribution in [1.29, 1.82) is 0 Å². The van der Waals surface area contributed by atoms with Gasteiger partial charge in [-0.2, -0.15) is 0 Å². The number of carbonyl (C=O) groups excluding carboxylic acids is 2. The molecule has 1 aliphatic heterocycles. The third-order valence-corrected chi connectivity index (χ3v) is 5.73. The number of nitrogens with zero attached hydrogens (tertiary/aromatic N) is 1. The smallest absolute Gasteiger partial charge is 0.303 e. The molecule has 3 fully saturated rings. The molecule has 1 saturated heterocycles. The molecule has 0 radical (unpaired) electrons. The van der Waals surface area contributed by atoms with E-state index in [1.54, 1.807) is 0 Å². The largest absolute Gasteiger partial charge is 0.481 e. The molecule has 0 atom stereocenters. The van der Waals surface area contributed by atoms with Crippen molar-refractivity contribution in [1.82, 2.24) is 4.90 Å². The molecule has 2 aliphatic carbocycles. The quantitative estimate of drug-likeness (QED) is 0.807. The molecule has 3 aliphatic rings. The molecular weight excluding hydrogens is 270 g/mol. The van der Waals surface area contributed by atoms with Crippen molar-refractivity contribution in [2.45, 2.75) is 64.2 Å². The van der Waals surface area contributed by atoms with Crippen LogP contribution in [0.25, 0.3) is 0 Å². The van der Waals surface area contributed by atoms with Gasteiger partial charge in [-0.3, -0.25) is 19.3 Å². The maximum Gasteiger partial charge on any atom is 0.303 e. The van der Waals surface area contributed by atoms with Crippen molar-refractivity contribution < 1.29 is 19.5 Å². The lowest BCUT2D eigenvalue weighted by molar-refractivity contribution is -0.150. The minimum atomic E-state index is -0.832. The summed E-state index contributed by atoms with van der Waals surface area (Å²) in [5, 5.41) is 9.07. The fourth-order valence-corrected chi connectivity index (χ4v) is 4.36. The Labute approximate surface area is 124 Å². The Morgan fingerprint density at radius 1 is 1.05 bits per heavy atom. The molecule has 1 spiro atoms. The number of carbonyl (C=O) groups is 3. The average Bonchev–Trinajstić information content (AvgIpc) is 2.61. The lowest BCUT2D eigenvalue weighted by atomic mass is 9.66. The highest BCUT2D eigenvalue weighted by Crippen LogP contribution is 2.49. The first-order valence-electron chi connectivity index (χ1n) is 8.03. The van der Waals surface area contributed by atoms with Gasteiger partial charge >= 0.3 is 5.97 Å². The molecule has 5 nitrogen and oxygen atoms in total. The van der Waals surface area contributed by atoms with E-state index in [4.69, 9.17) is 5.11 Å². The van der Waals surface area contributed by atoms with Gasteiger partial charge in [0, 0.05) is 13.0 Å². The first-order chi connectivity index (χ1) is 9.96. The molecule has 2 amide bonds.